The second-order valence-corrected chi connectivity index (χ2v) is 7.69. The van der Waals surface area contributed by atoms with Crippen LogP contribution >= 0.6 is 0 Å². The molecule has 0 saturated carbocycles. The maximum atomic E-state index is 14.8. The lowest BCUT2D eigenvalue weighted by atomic mass is 9.98. The summed E-state index contributed by atoms with van der Waals surface area (Å²) in [5.74, 6) is 0. The number of hydrogen-bond donors (Lipinski definition) is 0. The lowest BCUT2D eigenvalue weighted by Gasteiger charge is -2.17. The molecule has 132 valence electrons. The Balaban J connectivity index is 2.16. The quantitative estimate of drug-likeness (QED) is 0.620. The van der Waals surface area contributed by atoms with E-state index < -0.39 is 20.0 Å². The smallest absolute Gasteiger partial charge is 0.217 e. The fraction of sp³-hybridized carbons (Fsp3) is 0.0476. The maximum absolute atomic E-state index is 14.8. The first kappa shape index (κ1) is 18.0. The molecular formula is C21H16F2O2S. The van der Waals surface area contributed by atoms with Crippen molar-refractivity contribution in [1.82, 2.24) is 0 Å². The maximum Gasteiger partial charge on any atom is 0.369 e. The van der Waals surface area contributed by atoms with E-state index in [2.05, 4.69) is 0 Å². The molecule has 0 aromatic heterocycles. The molecule has 5 heteroatoms. The molecule has 0 spiro atoms. The minimum atomic E-state index is -4.86. The van der Waals surface area contributed by atoms with Gasteiger partial charge >= 0.3 is 5.25 Å². The van der Waals surface area contributed by atoms with Crippen molar-refractivity contribution in [2.75, 3.05) is 0 Å². The average Bonchev–Trinajstić information content (AvgIpc) is 2.68. The molecule has 0 fully saturated rings. The highest BCUT2D eigenvalue weighted by molar-refractivity contribution is 7.92. The number of rotatable bonds is 5. The zero-order chi connectivity index (χ0) is 18.6. The Hall–Kier alpha value is -2.79. The Morgan fingerprint density at radius 3 is 1.50 bits per heavy atom. The van der Waals surface area contributed by atoms with Gasteiger partial charge in [-0.2, -0.15) is 8.78 Å². The van der Waals surface area contributed by atoms with Crippen LogP contribution in [0.4, 0.5) is 8.78 Å². The van der Waals surface area contributed by atoms with Crippen LogP contribution in [0.5, 0.6) is 0 Å². The fourth-order valence-corrected chi connectivity index (χ4v) is 3.67. The summed E-state index contributed by atoms with van der Waals surface area (Å²) < 4.78 is 54.6. The topological polar surface area (TPSA) is 34.1 Å². The third kappa shape index (κ3) is 3.58. The third-order valence-electron chi connectivity index (χ3n) is 3.89. The SMILES string of the molecule is O=S(=O)(c1ccccc1)C(F)(F)C=C(c1ccccc1)c1ccccc1. The van der Waals surface area contributed by atoms with Crippen molar-refractivity contribution >= 4 is 15.4 Å². The predicted octanol–water partition coefficient (Wildman–Crippen LogP) is 5.19. The first-order valence-electron chi connectivity index (χ1n) is 7.93. The highest BCUT2D eigenvalue weighted by Gasteiger charge is 2.44. The van der Waals surface area contributed by atoms with Gasteiger partial charge < -0.3 is 0 Å². The van der Waals surface area contributed by atoms with Gasteiger partial charge in [0.15, 0.2) is 0 Å². The molecule has 0 aliphatic rings. The van der Waals surface area contributed by atoms with Crippen LogP contribution in [-0.4, -0.2) is 13.7 Å². The van der Waals surface area contributed by atoms with Gasteiger partial charge in [0.1, 0.15) is 0 Å². The summed E-state index contributed by atoms with van der Waals surface area (Å²) in [6, 6.07) is 23.8. The second-order valence-electron chi connectivity index (χ2n) is 5.67. The molecule has 0 N–H and O–H groups in total. The molecule has 3 aromatic carbocycles. The summed E-state index contributed by atoms with van der Waals surface area (Å²) in [5.41, 5.74) is 1.19. The summed E-state index contributed by atoms with van der Waals surface area (Å²) in [6.07, 6.45) is 0.528. The molecule has 2 nitrogen and oxygen atoms in total. The first-order chi connectivity index (χ1) is 12.4. The van der Waals surface area contributed by atoms with E-state index in [1.807, 2.05) is 0 Å². The third-order valence-corrected chi connectivity index (χ3v) is 5.62. The van der Waals surface area contributed by atoms with Crippen LogP contribution in [0.15, 0.2) is 102 Å². The van der Waals surface area contributed by atoms with Gasteiger partial charge in [-0.1, -0.05) is 78.9 Å². The number of halogens is 2. The highest BCUT2D eigenvalue weighted by atomic mass is 32.2. The monoisotopic (exact) mass is 370 g/mol. The van der Waals surface area contributed by atoms with Crippen molar-refractivity contribution in [3.8, 4) is 0 Å². The molecule has 0 amide bonds. The van der Waals surface area contributed by atoms with Gasteiger partial charge in [0, 0.05) is 6.08 Å². The number of benzene rings is 3. The van der Waals surface area contributed by atoms with Gasteiger partial charge in [-0.15, -0.1) is 0 Å². The molecule has 0 bridgehead atoms. The molecule has 0 aliphatic carbocycles. The highest BCUT2D eigenvalue weighted by Crippen LogP contribution is 2.35. The Bertz CT molecular complexity index is 956. The average molecular weight is 370 g/mol. The summed E-state index contributed by atoms with van der Waals surface area (Å²) >= 11 is 0. The van der Waals surface area contributed by atoms with E-state index in [0.717, 1.165) is 0 Å². The first-order valence-corrected chi connectivity index (χ1v) is 9.41. The largest absolute Gasteiger partial charge is 0.369 e. The minimum absolute atomic E-state index is 0.163. The van der Waals surface area contributed by atoms with Gasteiger partial charge in [0.25, 0.3) is 0 Å². The number of hydrogen-bond acceptors (Lipinski definition) is 2. The lowest BCUT2D eigenvalue weighted by Crippen LogP contribution is -2.27. The second kappa shape index (κ2) is 7.22. The Morgan fingerprint density at radius 2 is 1.08 bits per heavy atom. The van der Waals surface area contributed by atoms with Crippen LogP contribution in [0.2, 0.25) is 0 Å². The van der Waals surface area contributed by atoms with Crippen molar-refractivity contribution in [1.29, 1.82) is 0 Å². The van der Waals surface area contributed by atoms with Crippen molar-refractivity contribution in [3.63, 3.8) is 0 Å². The summed E-state index contributed by atoms with van der Waals surface area (Å²) in [7, 11) is -4.86. The zero-order valence-corrected chi connectivity index (χ0v) is 14.5. The van der Waals surface area contributed by atoms with Gasteiger partial charge in [-0.25, -0.2) is 8.42 Å². The van der Waals surface area contributed by atoms with Crippen LogP contribution in [0, 0.1) is 0 Å². The van der Waals surface area contributed by atoms with Crippen LogP contribution < -0.4 is 0 Å². The summed E-state index contributed by atoms with van der Waals surface area (Å²) in [6.45, 7) is 0. The van der Waals surface area contributed by atoms with E-state index in [4.69, 9.17) is 0 Å². The molecule has 0 heterocycles. The molecule has 0 atom stereocenters. The molecule has 3 aromatic rings. The number of alkyl halides is 2. The molecule has 0 saturated heterocycles. The molecule has 26 heavy (non-hydrogen) atoms. The molecule has 0 aliphatic heterocycles. The van der Waals surface area contributed by atoms with E-state index in [-0.39, 0.29) is 5.57 Å². The molecule has 0 unspecified atom stereocenters. The lowest BCUT2D eigenvalue weighted by molar-refractivity contribution is 0.147. The standard InChI is InChI=1S/C21H16F2O2S/c22-21(23,26(24,25)19-14-8-3-9-15-19)16-20(17-10-4-1-5-11-17)18-12-6-2-7-13-18/h1-16H. The van der Waals surface area contributed by atoms with Crippen LogP contribution in [0.3, 0.4) is 0 Å². The van der Waals surface area contributed by atoms with Crippen molar-refractivity contribution < 1.29 is 17.2 Å². The van der Waals surface area contributed by atoms with Crippen molar-refractivity contribution in [2.45, 2.75) is 10.2 Å². The van der Waals surface area contributed by atoms with E-state index >= 15 is 0 Å². The fourth-order valence-electron chi connectivity index (χ4n) is 2.57. The van der Waals surface area contributed by atoms with E-state index in [9.17, 15) is 17.2 Å². The minimum Gasteiger partial charge on any atom is -0.217 e. The normalized spacial score (nSPS) is 11.8. The molecular weight excluding hydrogens is 354 g/mol. The van der Waals surface area contributed by atoms with Crippen LogP contribution in [0.1, 0.15) is 11.1 Å². The van der Waals surface area contributed by atoms with Crippen LogP contribution in [-0.2, 0) is 9.84 Å². The summed E-state index contributed by atoms with van der Waals surface area (Å²) in [4.78, 5) is -0.415. The molecule has 3 rings (SSSR count). The number of sulfone groups is 1. The zero-order valence-electron chi connectivity index (χ0n) is 13.7. The summed E-state index contributed by atoms with van der Waals surface area (Å²) in [5, 5.41) is -4.06. The Labute approximate surface area is 151 Å². The van der Waals surface area contributed by atoms with E-state index in [1.165, 1.54) is 24.3 Å². The van der Waals surface area contributed by atoms with Crippen LogP contribution in [0.25, 0.3) is 5.57 Å². The van der Waals surface area contributed by atoms with Gasteiger partial charge in [-0.3, -0.25) is 0 Å². The van der Waals surface area contributed by atoms with E-state index in [1.54, 1.807) is 66.7 Å². The van der Waals surface area contributed by atoms with Crippen molar-refractivity contribution in [3.05, 3.63) is 108 Å². The van der Waals surface area contributed by atoms with E-state index in [0.29, 0.717) is 17.2 Å². The Kier molecular flexibility index (Phi) is 5.00. The van der Waals surface area contributed by atoms with Gasteiger partial charge in [0.2, 0.25) is 9.84 Å². The van der Waals surface area contributed by atoms with Gasteiger partial charge in [0.05, 0.1) is 4.90 Å². The molecule has 0 radical (unpaired) electrons. The van der Waals surface area contributed by atoms with Crippen molar-refractivity contribution in [2.24, 2.45) is 0 Å². The predicted molar refractivity (Wildman–Crippen MR) is 98.5 cm³/mol. The Morgan fingerprint density at radius 1 is 0.692 bits per heavy atom. The van der Waals surface area contributed by atoms with Gasteiger partial charge in [-0.05, 0) is 28.8 Å².